The summed E-state index contributed by atoms with van der Waals surface area (Å²) >= 11 is 8.14. The van der Waals surface area contributed by atoms with Crippen molar-refractivity contribution in [3.05, 3.63) is 32.5 Å². The molecule has 1 aliphatic heterocycles. The third kappa shape index (κ3) is 4.36. The molecule has 3 rings (SSSR count). The molecule has 0 spiro atoms. The fourth-order valence-corrected chi connectivity index (χ4v) is 7.58. The Kier molecular flexibility index (Phi) is 6.69. The standard InChI is InChI=1S/C18H21ClN2O5S3/c1-10-11(2)27-17(15(10)18(23)26-3)20-16(22)12-6-4-5-9-21(12)29(24,25)14-8-7-13(19)28-14/h7-8,12H,4-6,9H2,1-3H3,(H,20,22). The maximum Gasteiger partial charge on any atom is 0.341 e. The topological polar surface area (TPSA) is 92.8 Å². The van der Waals surface area contributed by atoms with Crippen molar-refractivity contribution in [2.24, 2.45) is 0 Å². The fourth-order valence-electron chi connectivity index (χ4n) is 3.26. The van der Waals surface area contributed by atoms with E-state index in [1.165, 1.54) is 34.9 Å². The summed E-state index contributed by atoms with van der Waals surface area (Å²) in [5, 5.41) is 3.14. The van der Waals surface area contributed by atoms with Crippen LogP contribution in [0.3, 0.4) is 0 Å². The Hall–Kier alpha value is -1.46. The highest BCUT2D eigenvalue weighted by Gasteiger charge is 2.39. The number of thiophene rings is 2. The van der Waals surface area contributed by atoms with Gasteiger partial charge in [0.2, 0.25) is 5.91 Å². The number of piperidine rings is 1. The second-order valence-corrected chi connectivity index (χ2v) is 11.7. The number of hydrogen-bond acceptors (Lipinski definition) is 7. The molecule has 0 radical (unpaired) electrons. The van der Waals surface area contributed by atoms with E-state index in [1.807, 2.05) is 6.92 Å². The van der Waals surface area contributed by atoms with Crippen LogP contribution in [-0.2, 0) is 19.6 Å². The highest BCUT2D eigenvalue weighted by Crippen LogP contribution is 2.35. The summed E-state index contributed by atoms with van der Waals surface area (Å²) in [5.41, 5.74) is 1.04. The van der Waals surface area contributed by atoms with Gasteiger partial charge in [0.15, 0.2) is 0 Å². The number of sulfonamides is 1. The van der Waals surface area contributed by atoms with Gasteiger partial charge in [-0.05, 0) is 44.4 Å². The summed E-state index contributed by atoms with van der Waals surface area (Å²) in [5.74, 6) is -0.995. The minimum Gasteiger partial charge on any atom is -0.465 e. The number of carbonyl (C=O) groups is 2. The van der Waals surface area contributed by atoms with Gasteiger partial charge in [0, 0.05) is 11.4 Å². The first-order chi connectivity index (χ1) is 13.7. The van der Waals surface area contributed by atoms with Gasteiger partial charge >= 0.3 is 5.97 Å². The fraction of sp³-hybridized carbons (Fsp3) is 0.444. The predicted molar refractivity (Wildman–Crippen MR) is 115 cm³/mol. The molecule has 0 aliphatic carbocycles. The molecule has 7 nitrogen and oxygen atoms in total. The summed E-state index contributed by atoms with van der Waals surface area (Å²) < 4.78 is 32.7. The van der Waals surface area contributed by atoms with E-state index in [-0.39, 0.29) is 10.8 Å². The second-order valence-electron chi connectivity index (χ2n) is 6.65. The van der Waals surface area contributed by atoms with Crippen LogP contribution in [0.4, 0.5) is 5.00 Å². The molecule has 1 fully saturated rings. The van der Waals surface area contributed by atoms with Crippen LogP contribution in [0.5, 0.6) is 0 Å². The van der Waals surface area contributed by atoms with Gasteiger partial charge in [0.05, 0.1) is 17.0 Å². The van der Waals surface area contributed by atoms with Crippen LogP contribution in [0.1, 0.15) is 40.1 Å². The lowest BCUT2D eigenvalue weighted by atomic mass is 10.0. The van der Waals surface area contributed by atoms with Crippen LogP contribution < -0.4 is 5.32 Å². The zero-order valence-corrected chi connectivity index (χ0v) is 19.4. The lowest BCUT2D eigenvalue weighted by Gasteiger charge is -2.33. The molecule has 1 saturated heterocycles. The van der Waals surface area contributed by atoms with Gasteiger partial charge in [-0.3, -0.25) is 4.79 Å². The number of ether oxygens (including phenoxy) is 1. The van der Waals surface area contributed by atoms with Crippen molar-refractivity contribution < 1.29 is 22.7 Å². The van der Waals surface area contributed by atoms with Crippen LogP contribution in [0.25, 0.3) is 0 Å². The largest absolute Gasteiger partial charge is 0.465 e. The van der Waals surface area contributed by atoms with Crippen LogP contribution in [-0.4, -0.2) is 44.3 Å². The summed E-state index contributed by atoms with van der Waals surface area (Å²) in [6.45, 7) is 3.88. The smallest absolute Gasteiger partial charge is 0.341 e. The van der Waals surface area contributed by atoms with Crippen LogP contribution in [0.15, 0.2) is 16.3 Å². The number of rotatable bonds is 5. The Morgan fingerprint density at radius 2 is 1.97 bits per heavy atom. The molecule has 11 heteroatoms. The van der Waals surface area contributed by atoms with E-state index in [1.54, 1.807) is 6.92 Å². The molecule has 1 amide bonds. The van der Waals surface area contributed by atoms with E-state index in [2.05, 4.69) is 5.32 Å². The van der Waals surface area contributed by atoms with E-state index >= 15 is 0 Å². The first kappa shape index (κ1) is 22.2. The number of halogens is 1. The van der Waals surface area contributed by atoms with E-state index < -0.39 is 27.9 Å². The first-order valence-electron chi connectivity index (χ1n) is 8.93. The summed E-state index contributed by atoms with van der Waals surface area (Å²) in [7, 11) is -2.56. The van der Waals surface area contributed by atoms with Crippen molar-refractivity contribution in [2.75, 3.05) is 19.0 Å². The van der Waals surface area contributed by atoms with Crippen molar-refractivity contribution in [3.63, 3.8) is 0 Å². The van der Waals surface area contributed by atoms with Gasteiger partial charge in [-0.25, -0.2) is 13.2 Å². The highest BCUT2D eigenvalue weighted by atomic mass is 35.5. The maximum absolute atomic E-state index is 13.1. The minimum atomic E-state index is -3.84. The molecule has 0 bridgehead atoms. The molecule has 2 aromatic rings. The quantitative estimate of drug-likeness (QED) is 0.657. The Morgan fingerprint density at radius 1 is 1.24 bits per heavy atom. The highest BCUT2D eigenvalue weighted by molar-refractivity contribution is 7.91. The van der Waals surface area contributed by atoms with Gasteiger partial charge in [-0.2, -0.15) is 4.31 Å². The van der Waals surface area contributed by atoms with Crippen molar-refractivity contribution in [2.45, 2.75) is 43.4 Å². The molecule has 1 aliphatic rings. The number of nitrogens with one attached hydrogen (secondary N) is 1. The molecule has 0 aromatic carbocycles. The Bertz CT molecular complexity index is 1040. The van der Waals surface area contributed by atoms with E-state index in [0.717, 1.165) is 28.2 Å². The normalized spacial score (nSPS) is 17.9. The number of nitrogens with zero attached hydrogens (tertiary/aromatic N) is 1. The number of esters is 1. The number of amides is 1. The zero-order valence-electron chi connectivity index (χ0n) is 16.2. The number of methoxy groups -OCH3 is 1. The molecular weight excluding hydrogens is 456 g/mol. The van der Waals surface area contributed by atoms with Crippen LogP contribution in [0.2, 0.25) is 4.34 Å². The summed E-state index contributed by atoms with van der Waals surface area (Å²) in [6.07, 6.45) is 1.81. The Balaban J connectivity index is 1.90. The van der Waals surface area contributed by atoms with Gasteiger partial charge in [0.25, 0.3) is 10.0 Å². The number of hydrogen-bond donors (Lipinski definition) is 1. The van der Waals surface area contributed by atoms with E-state index in [0.29, 0.717) is 27.7 Å². The second kappa shape index (κ2) is 8.73. The molecule has 0 saturated carbocycles. The average Bonchev–Trinajstić information content (AvgIpc) is 3.25. The van der Waals surface area contributed by atoms with Gasteiger partial charge in [-0.1, -0.05) is 18.0 Å². The van der Waals surface area contributed by atoms with Gasteiger partial charge in [-0.15, -0.1) is 22.7 Å². The van der Waals surface area contributed by atoms with Crippen LogP contribution in [0, 0.1) is 13.8 Å². The average molecular weight is 477 g/mol. The number of aryl methyl sites for hydroxylation is 1. The van der Waals surface area contributed by atoms with E-state index in [4.69, 9.17) is 16.3 Å². The molecule has 29 heavy (non-hydrogen) atoms. The number of carbonyl (C=O) groups excluding carboxylic acids is 2. The third-order valence-corrected chi connectivity index (χ3v) is 9.61. The molecule has 1 atom stereocenters. The van der Waals surface area contributed by atoms with E-state index in [9.17, 15) is 18.0 Å². The molecule has 158 valence electrons. The molecule has 2 aromatic heterocycles. The summed E-state index contributed by atoms with van der Waals surface area (Å²) in [6, 6.07) is 2.12. The SMILES string of the molecule is COC(=O)c1c(NC(=O)C2CCCCN2S(=O)(=O)c2ccc(Cl)s2)sc(C)c1C. The van der Waals surface area contributed by atoms with Crippen molar-refractivity contribution in [1.29, 1.82) is 0 Å². The van der Waals surface area contributed by atoms with Crippen molar-refractivity contribution in [1.82, 2.24) is 4.31 Å². The molecular formula is C18H21ClN2O5S3. The van der Waals surface area contributed by atoms with Crippen molar-refractivity contribution in [3.8, 4) is 0 Å². The Labute approximate surface area is 182 Å². The molecule has 1 N–H and O–H groups in total. The van der Waals surface area contributed by atoms with Crippen LogP contribution >= 0.6 is 34.3 Å². The molecule has 3 heterocycles. The third-order valence-electron chi connectivity index (χ3n) is 4.88. The monoisotopic (exact) mass is 476 g/mol. The summed E-state index contributed by atoms with van der Waals surface area (Å²) in [4.78, 5) is 26.1. The van der Waals surface area contributed by atoms with Gasteiger partial charge < -0.3 is 10.1 Å². The zero-order chi connectivity index (χ0) is 21.3. The first-order valence-corrected chi connectivity index (χ1v) is 12.4. The van der Waals surface area contributed by atoms with Crippen molar-refractivity contribution >= 4 is 61.2 Å². The lowest BCUT2D eigenvalue weighted by molar-refractivity contribution is -0.120. The minimum absolute atomic E-state index is 0.111. The Morgan fingerprint density at radius 3 is 2.59 bits per heavy atom. The van der Waals surface area contributed by atoms with Gasteiger partial charge in [0.1, 0.15) is 15.3 Å². The molecule has 1 unspecified atom stereocenters. The maximum atomic E-state index is 13.1. The predicted octanol–water partition coefficient (Wildman–Crippen LogP) is 4.05. The lowest BCUT2D eigenvalue weighted by Crippen LogP contribution is -2.49. The number of anilines is 1.